The van der Waals surface area contributed by atoms with Crippen molar-refractivity contribution in [3.8, 4) is 0 Å². The van der Waals surface area contributed by atoms with Crippen LogP contribution in [0.5, 0.6) is 0 Å². The van der Waals surface area contributed by atoms with E-state index in [9.17, 15) is 17.4 Å². The maximum Gasteiger partial charge on any atom is 0.416 e. The van der Waals surface area contributed by atoms with Crippen LogP contribution in [0, 0.1) is 0 Å². The molecule has 1 heterocycles. The number of isothiocyanates is 1. The summed E-state index contributed by atoms with van der Waals surface area (Å²) < 4.78 is 50.7. The highest BCUT2D eigenvalue weighted by atomic mass is 32.2. The van der Waals surface area contributed by atoms with E-state index < -0.39 is 22.5 Å². The molecule has 1 unspecified atom stereocenters. The van der Waals surface area contributed by atoms with Gasteiger partial charge in [0.15, 0.2) is 4.34 Å². The van der Waals surface area contributed by atoms with E-state index in [1.54, 1.807) is 6.08 Å². The lowest BCUT2D eigenvalue weighted by Gasteiger charge is -2.04. The van der Waals surface area contributed by atoms with E-state index >= 15 is 0 Å². The van der Waals surface area contributed by atoms with Crippen LogP contribution < -0.4 is 0 Å². The number of benzene rings is 1. The van der Waals surface area contributed by atoms with Crippen LogP contribution in [0.15, 0.2) is 39.0 Å². The molecule has 1 aromatic carbocycles. The first-order chi connectivity index (χ1) is 10.4. The molecule has 3 nitrogen and oxygen atoms in total. The fourth-order valence-electron chi connectivity index (χ4n) is 1.57. The number of alkyl halides is 3. The minimum Gasteiger partial charge on any atom is -0.247 e. The molecule has 2 aromatic rings. The Labute approximate surface area is 136 Å². The normalized spacial score (nSPS) is 13.4. The molecule has 0 aliphatic rings. The van der Waals surface area contributed by atoms with Crippen LogP contribution in [0.2, 0.25) is 0 Å². The molecule has 0 N–H and O–H groups in total. The van der Waals surface area contributed by atoms with Gasteiger partial charge in [-0.25, -0.2) is 14.2 Å². The summed E-state index contributed by atoms with van der Waals surface area (Å²) in [5.41, 5.74) is -0.571. The van der Waals surface area contributed by atoms with E-state index in [1.807, 2.05) is 0 Å². The topological polar surface area (TPSA) is 42.3 Å². The Kier molecular flexibility index (Phi) is 5.57. The second-order valence-corrected chi connectivity index (χ2v) is 6.82. The lowest BCUT2D eigenvalue weighted by atomic mass is 10.2. The predicted molar refractivity (Wildman–Crippen MR) is 84.7 cm³/mol. The van der Waals surface area contributed by atoms with Gasteiger partial charge in [-0.1, -0.05) is 6.08 Å². The van der Waals surface area contributed by atoms with Crippen LogP contribution in [-0.2, 0) is 17.0 Å². The van der Waals surface area contributed by atoms with Crippen LogP contribution >= 0.6 is 23.6 Å². The zero-order valence-electron chi connectivity index (χ0n) is 11.0. The van der Waals surface area contributed by atoms with Crippen molar-refractivity contribution in [2.75, 3.05) is 6.54 Å². The first kappa shape index (κ1) is 17.0. The summed E-state index contributed by atoms with van der Waals surface area (Å²) in [5.74, 6) is 0. The fourth-order valence-corrected chi connectivity index (χ4v) is 3.72. The van der Waals surface area contributed by atoms with E-state index in [0.29, 0.717) is 17.7 Å². The van der Waals surface area contributed by atoms with E-state index in [2.05, 4.69) is 27.4 Å². The number of thiazole rings is 1. The summed E-state index contributed by atoms with van der Waals surface area (Å²) in [4.78, 5) is 7.72. The first-order valence-corrected chi connectivity index (χ1v) is 8.44. The standard InChI is InChI=1S/C13H9F3N2OS3/c14-13(15,16)9-3-4-11-10(7-9)18-12(21-11)22(19)6-2-1-5-17-8-20/h2-4,6-7H,1,5H2/b6-2+. The molecular formula is C13H9F3N2OS3. The highest BCUT2D eigenvalue weighted by Gasteiger charge is 2.30. The molecule has 1 aromatic heterocycles. The smallest absolute Gasteiger partial charge is 0.247 e. The molecule has 22 heavy (non-hydrogen) atoms. The van der Waals surface area contributed by atoms with Crippen LogP contribution in [0.25, 0.3) is 10.2 Å². The van der Waals surface area contributed by atoms with Crippen molar-refractivity contribution in [3.05, 3.63) is 35.2 Å². The van der Waals surface area contributed by atoms with Crippen molar-refractivity contribution in [1.29, 1.82) is 0 Å². The van der Waals surface area contributed by atoms with Gasteiger partial charge in [0, 0.05) is 5.41 Å². The number of aromatic nitrogens is 1. The Bertz CT molecular complexity index is 776. The fraction of sp³-hybridized carbons (Fsp3) is 0.231. The van der Waals surface area contributed by atoms with Crippen LogP contribution in [0.1, 0.15) is 12.0 Å². The van der Waals surface area contributed by atoms with Crippen LogP contribution in [0.3, 0.4) is 0 Å². The van der Waals surface area contributed by atoms with Crippen LogP contribution in [-0.4, -0.2) is 20.9 Å². The highest BCUT2D eigenvalue weighted by molar-refractivity contribution is 7.90. The summed E-state index contributed by atoms with van der Waals surface area (Å²) in [6.07, 6.45) is -2.20. The van der Waals surface area contributed by atoms with Crippen molar-refractivity contribution < 1.29 is 17.4 Å². The third-order valence-electron chi connectivity index (χ3n) is 2.56. The number of rotatable bonds is 5. The van der Waals surface area contributed by atoms with E-state index in [0.717, 1.165) is 23.5 Å². The molecule has 0 saturated carbocycles. The summed E-state index contributed by atoms with van der Waals surface area (Å²) >= 11 is 5.52. The molecule has 0 spiro atoms. The molecule has 0 saturated heterocycles. The van der Waals surface area contributed by atoms with Crippen molar-refractivity contribution in [2.24, 2.45) is 4.99 Å². The van der Waals surface area contributed by atoms with E-state index in [1.165, 1.54) is 11.5 Å². The minimum atomic E-state index is -4.42. The second kappa shape index (κ2) is 7.23. The molecule has 0 amide bonds. The summed E-state index contributed by atoms with van der Waals surface area (Å²) in [6, 6.07) is 3.30. The van der Waals surface area contributed by atoms with Gasteiger partial charge in [-0.15, -0.1) is 11.3 Å². The zero-order chi connectivity index (χ0) is 16.2. The Morgan fingerprint density at radius 3 is 2.91 bits per heavy atom. The summed E-state index contributed by atoms with van der Waals surface area (Å²) in [6.45, 7) is 0.450. The number of thiocarbonyl (C=S) groups is 1. The maximum atomic E-state index is 12.6. The number of aliphatic imine (C=N–C) groups is 1. The minimum absolute atomic E-state index is 0.196. The second-order valence-electron chi connectivity index (χ2n) is 4.09. The van der Waals surface area contributed by atoms with Crippen LogP contribution in [0.4, 0.5) is 13.2 Å². The molecule has 2 rings (SSSR count). The molecule has 116 valence electrons. The molecular weight excluding hydrogens is 353 g/mol. The van der Waals surface area contributed by atoms with Gasteiger partial charge >= 0.3 is 6.18 Å². The molecule has 1 atom stereocenters. The summed E-state index contributed by atoms with van der Waals surface area (Å²) in [5, 5.41) is 3.66. The Hall–Kier alpha value is -1.41. The third-order valence-corrected chi connectivity index (χ3v) is 5.14. The van der Waals surface area contributed by atoms with Crippen molar-refractivity contribution in [3.63, 3.8) is 0 Å². The lowest BCUT2D eigenvalue weighted by molar-refractivity contribution is -0.137. The van der Waals surface area contributed by atoms with E-state index in [-0.39, 0.29) is 9.86 Å². The van der Waals surface area contributed by atoms with Gasteiger partial charge in [0.05, 0.1) is 27.5 Å². The summed E-state index contributed by atoms with van der Waals surface area (Å²) in [7, 11) is -1.49. The molecule has 0 aliphatic carbocycles. The Morgan fingerprint density at radius 1 is 1.45 bits per heavy atom. The van der Waals surface area contributed by atoms with Gasteiger partial charge < -0.3 is 0 Å². The monoisotopic (exact) mass is 362 g/mol. The van der Waals surface area contributed by atoms with Gasteiger partial charge in [-0.3, -0.25) is 0 Å². The number of hydrogen-bond acceptors (Lipinski definition) is 5. The van der Waals surface area contributed by atoms with Gasteiger partial charge in [-0.2, -0.15) is 13.2 Å². The average Bonchev–Trinajstić information content (AvgIpc) is 2.89. The zero-order valence-corrected chi connectivity index (χ0v) is 13.4. The van der Waals surface area contributed by atoms with Crippen molar-refractivity contribution in [1.82, 2.24) is 4.98 Å². The number of halogens is 3. The number of nitrogens with zero attached hydrogens (tertiary/aromatic N) is 2. The Balaban J connectivity index is 2.18. The van der Waals surface area contributed by atoms with Crippen molar-refractivity contribution in [2.45, 2.75) is 16.9 Å². The average molecular weight is 362 g/mol. The van der Waals surface area contributed by atoms with Gasteiger partial charge in [-0.05, 0) is 36.8 Å². The molecule has 0 aliphatic heterocycles. The first-order valence-electron chi connectivity index (χ1n) is 6.00. The maximum absolute atomic E-state index is 12.6. The quantitative estimate of drug-likeness (QED) is 0.449. The lowest BCUT2D eigenvalue weighted by Crippen LogP contribution is -2.03. The molecule has 9 heteroatoms. The molecule has 0 bridgehead atoms. The van der Waals surface area contributed by atoms with Crippen molar-refractivity contribution >= 4 is 49.7 Å². The SMILES string of the molecule is O=S(/C=C/CCN=C=S)c1nc2cc(C(F)(F)F)ccc2s1. The highest BCUT2D eigenvalue weighted by Crippen LogP contribution is 2.33. The van der Waals surface area contributed by atoms with Gasteiger partial charge in [0.2, 0.25) is 0 Å². The van der Waals surface area contributed by atoms with E-state index in [4.69, 9.17) is 0 Å². The van der Waals surface area contributed by atoms with Gasteiger partial charge in [0.25, 0.3) is 0 Å². The molecule has 0 radical (unpaired) electrons. The Morgan fingerprint density at radius 2 is 2.23 bits per heavy atom. The third kappa shape index (κ3) is 4.30. The largest absolute Gasteiger partial charge is 0.416 e. The predicted octanol–water partition coefficient (Wildman–Crippen LogP) is 4.43. The number of hydrogen-bond donors (Lipinski definition) is 0. The molecule has 0 fully saturated rings. The van der Waals surface area contributed by atoms with Gasteiger partial charge in [0.1, 0.15) is 10.8 Å². The number of fused-ring (bicyclic) bond motifs is 1.